The molecule has 4 rings (SSSR count). The number of aromatic nitrogens is 2. The molecule has 2 heterocycles. The monoisotopic (exact) mass is 388 g/mol. The fraction of sp³-hybridized carbons (Fsp3) is 0.0455. The average molecular weight is 389 g/mol. The van der Waals surface area contributed by atoms with Gasteiger partial charge in [-0.25, -0.2) is 4.98 Å². The average Bonchev–Trinajstić information content (AvgIpc) is 2.71. The molecule has 0 saturated heterocycles. The van der Waals surface area contributed by atoms with Crippen molar-refractivity contribution in [1.82, 2.24) is 9.97 Å². The second kappa shape index (κ2) is 7.66. The lowest BCUT2D eigenvalue weighted by atomic mass is 10.2. The molecular formula is C22H17ClN4O. The highest BCUT2D eigenvalue weighted by atomic mass is 35.5. The maximum absolute atomic E-state index is 12.6. The fourth-order valence-corrected chi connectivity index (χ4v) is 3.04. The smallest absolute Gasteiger partial charge is 0.257 e. The van der Waals surface area contributed by atoms with Crippen LogP contribution in [0.5, 0.6) is 0 Å². The van der Waals surface area contributed by atoms with E-state index in [1.807, 2.05) is 55.5 Å². The number of hydrogen-bond donors (Lipinski definition) is 2. The number of nitrogens with zero attached hydrogens (tertiary/aromatic N) is 2. The number of carbonyl (C=O) groups is 1. The zero-order valence-corrected chi connectivity index (χ0v) is 15.9. The lowest BCUT2D eigenvalue weighted by Crippen LogP contribution is -2.13. The quantitative estimate of drug-likeness (QED) is 0.478. The van der Waals surface area contributed by atoms with Gasteiger partial charge >= 0.3 is 0 Å². The van der Waals surface area contributed by atoms with Crippen LogP contribution in [0.25, 0.3) is 10.9 Å². The Morgan fingerprint density at radius 1 is 0.964 bits per heavy atom. The second-order valence-electron chi connectivity index (χ2n) is 6.35. The molecule has 6 heteroatoms. The summed E-state index contributed by atoms with van der Waals surface area (Å²) in [4.78, 5) is 21.3. The van der Waals surface area contributed by atoms with Crippen molar-refractivity contribution in [2.24, 2.45) is 0 Å². The molecule has 0 aliphatic rings. The summed E-state index contributed by atoms with van der Waals surface area (Å²) >= 11 is 6.05. The molecule has 0 spiro atoms. The van der Waals surface area contributed by atoms with Gasteiger partial charge in [0.1, 0.15) is 5.82 Å². The van der Waals surface area contributed by atoms with Crippen molar-refractivity contribution < 1.29 is 4.79 Å². The van der Waals surface area contributed by atoms with E-state index in [0.29, 0.717) is 22.1 Å². The van der Waals surface area contributed by atoms with Crippen LogP contribution in [0.15, 0.2) is 73.1 Å². The predicted molar refractivity (Wildman–Crippen MR) is 113 cm³/mol. The Kier molecular flexibility index (Phi) is 4.91. The number of aryl methyl sites for hydroxylation is 1. The van der Waals surface area contributed by atoms with Crippen LogP contribution >= 0.6 is 11.6 Å². The van der Waals surface area contributed by atoms with E-state index in [2.05, 4.69) is 20.6 Å². The van der Waals surface area contributed by atoms with E-state index < -0.39 is 0 Å². The van der Waals surface area contributed by atoms with Crippen LogP contribution < -0.4 is 10.6 Å². The van der Waals surface area contributed by atoms with Gasteiger partial charge in [0.25, 0.3) is 5.91 Å². The summed E-state index contributed by atoms with van der Waals surface area (Å²) in [5.74, 6) is 0.393. The minimum atomic E-state index is -0.240. The Morgan fingerprint density at radius 3 is 2.64 bits per heavy atom. The third-order valence-corrected chi connectivity index (χ3v) is 4.60. The fourth-order valence-electron chi connectivity index (χ4n) is 2.87. The molecule has 0 bridgehead atoms. The van der Waals surface area contributed by atoms with Crippen LogP contribution in [0.1, 0.15) is 15.9 Å². The molecule has 28 heavy (non-hydrogen) atoms. The molecule has 138 valence electrons. The SMILES string of the molecule is Cc1ccc(Cl)cc1Nc1ccc(C(=O)Nc2cccc3cccnc23)cn1. The number of para-hydroxylation sites is 1. The van der Waals surface area contributed by atoms with E-state index in [1.54, 1.807) is 18.3 Å². The number of fused-ring (bicyclic) bond motifs is 1. The van der Waals surface area contributed by atoms with Gasteiger partial charge in [0, 0.05) is 28.5 Å². The maximum Gasteiger partial charge on any atom is 0.257 e. The van der Waals surface area contributed by atoms with Crippen LogP contribution in [0.3, 0.4) is 0 Å². The Morgan fingerprint density at radius 2 is 1.82 bits per heavy atom. The number of carbonyl (C=O) groups excluding carboxylic acids is 1. The summed E-state index contributed by atoms with van der Waals surface area (Å²) in [5.41, 5.74) is 3.80. The van der Waals surface area contributed by atoms with Gasteiger partial charge in [0.15, 0.2) is 0 Å². The molecule has 5 nitrogen and oxygen atoms in total. The molecule has 0 unspecified atom stereocenters. The molecule has 1 amide bonds. The molecular weight excluding hydrogens is 372 g/mol. The number of benzene rings is 2. The lowest BCUT2D eigenvalue weighted by Gasteiger charge is -2.10. The van der Waals surface area contributed by atoms with Crippen molar-refractivity contribution in [2.45, 2.75) is 6.92 Å². The summed E-state index contributed by atoms with van der Waals surface area (Å²) in [6.07, 6.45) is 3.24. The summed E-state index contributed by atoms with van der Waals surface area (Å²) in [5, 5.41) is 7.74. The number of amides is 1. The van der Waals surface area contributed by atoms with Gasteiger partial charge in [-0.2, -0.15) is 0 Å². The third kappa shape index (κ3) is 3.80. The topological polar surface area (TPSA) is 66.9 Å². The van der Waals surface area contributed by atoms with E-state index in [1.165, 1.54) is 6.20 Å². The molecule has 4 aromatic rings. The highest BCUT2D eigenvalue weighted by molar-refractivity contribution is 6.30. The highest BCUT2D eigenvalue weighted by Gasteiger charge is 2.10. The molecule has 0 aliphatic carbocycles. The van der Waals surface area contributed by atoms with Gasteiger partial charge in [-0.1, -0.05) is 35.9 Å². The first-order chi connectivity index (χ1) is 13.6. The van der Waals surface area contributed by atoms with Crippen molar-refractivity contribution in [2.75, 3.05) is 10.6 Å². The number of nitrogens with one attached hydrogen (secondary N) is 2. The number of rotatable bonds is 4. The molecule has 2 N–H and O–H groups in total. The molecule has 0 radical (unpaired) electrons. The molecule has 0 atom stereocenters. The van der Waals surface area contributed by atoms with Gasteiger partial charge < -0.3 is 10.6 Å². The highest BCUT2D eigenvalue weighted by Crippen LogP contribution is 2.24. The van der Waals surface area contributed by atoms with E-state index in [-0.39, 0.29) is 5.91 Å². The van der Waals surface area contributed by atoms with Gasteiger partial charge in [-0.05, 0) is 48.9 Å². The van der Waals surface area contributed by atoms with E-state index in [0.717, 1.165) is 22.2 Å². The number of hydrogen-bond acceptors (Lipinski definition) is 4. The standard InChI is InChI=1S/C22H17ClN4O/c1-14-7-9-17(23)12-19(14)26-20-10-8-16(13-25-20)22(28)27-18-6-2-4-15-5-3-11-24-21(15)18/h2-13H,1H3,(H,25,26)(H,27,28). The van der Waals surface area contributed by atoms with Crippen LogP contribution in [-0.4, -0.2) is 15.9 Å². The van der Waals surface area contributed by atoms with Crippen LogP contribution in [0.2, 0.25) is 5.02 Å². The van der Waals surface area contributed by atoms with Crippen molar-refractivity contribution >= 4 is 45.6 Å². The minimum absolute atomic E-state index is 0.240. The Labute approximate surface area is 167 Å². The zero-order valence-electron chi connectivity index (χ0n) is 15.1. The first-order valence-corrected chi connectivity index (χ1v) is 9.12. The van der Waals surface area contributed by atoms with Crippen molar-refractivity contribution in [3.8, 4) is 0 Å². The van der Waals surface area contributed by atoms with Crippen LogP contribution in [-0.2, 0) is 0 Å². The predicted octanol–water partition coefficient (Wildman–Crippen LogP) is 5.59. The zero-order chi connectivity index (χ0) is 19.5. The van der Waals surface area contributed by atoms with Crippen LogP contribution in [0, 0.1) is 6.92 Å². The van der Waals surface area contributed by atoms with Gasteiger partial charge in [0.2, 0.25) is 0 Å². The first kappa shape index (κ1) is 17.9. The summed E-state index contributed by atoms with van der Waals surface area (Å²) in [6.45, 7) is 1.98. The number of anilines is 3. The normalized spacial score (nSPS) is 10.6. The van der Waals surface area contributed by atoms with Gasteiger partial charge in [-0.3, -0.25) is 9.78 Å². The maximum atomic E-state index is 12.6. The van der Waals surface area contributed by atoms with Gasteiger partial charge in [-0.15, -0.1) is 0 Å². The molecule has 0 saturated carbocycles. The number of pyridine rings is 2. The van der Waals surface area contributed by atoms with Crippen molar-refractivity contribution in [3.05, 3.63) is 89.2 Å². The third-order valence-electron chi connectivity index (χ3n) is 4.37. The van der Waals surface area contributed by atoms with Crippen molar-refractivity contribution in [3.63, 3.8) is 0 Å². The minimum Gasteiger partial charge on any atom is -0.340 e. The second-order valence-corrected chi connectivity index (χ2v) is 6.79. The Balaban J connectivity index is 1.52. The van der Waals surface area contributed by atoms with E-state index in [4.69, 9.17) is 11.6 Å². The molecule has 0 aliphatic heterocycles. The Bertz CT molecular complexity index is 1150. The van der Waals surface area contributed by atoms with Crippen molar-refractivity contribution in [1.29, 1.82) is 0 Å². The lowest BCUT2D eigenvalue weighted by molar-refractivity contribution is 0.102. The first-order valence-electron chi connectivity index (χ1n) is 8.74. The molecule has 2 aromatic carbocycles. The van der Waals surface area contributed by atoms with E-state index >= 15 is 0 Å². The largest absolute Gasteiger partial charge is 0.340 e. The molecule has 2 aromatic heterocycles. The summed E-state index contributed by atoms with van der Waals surface area (Å²) in [7, 11) is 0. The van der Waals surface area contributed by atoms with Crippen LogP contribution in [0.4, 0.5) is 17.2 Å². The summed E-state index contributed by atoms with van der Waals surface area (Å²) in [6, 6.07) is 18.6. The van der Waals surface area contributed by atoms with E-state index in [9.17, 15) is 4.79 Å². The molecule has 0 fully saturated rings. The Hall–Kier alpha value is -3.44. The summed E-state index contributed by atoms with van der Waals surface area (Å²) < 4.78 is 0. The number of halogens is 1. The van der Waals surface area contributed by atoms with Gasteiger partial charge in [0.05, 0.1) is 16.8 Å².